The number of anilines is 2. The van der Waals surface area contributed by atoms with E-state index in [1.807, 2.05) is 11.0 Å². The lowest BCUT2D eigenvalue weighted by atomic mass is 10.1. The first-order valence-corrected chi connectivity index (χ1v) is 10.9. The molecule has 32 heavy (non-hydrogen) atoms. The van der Waals surface area contributed by atoms with E-state index in [1.54, 1.807) is 24.3 Å². The quantitative estimate of drug-likeness (QED) is 0.517. The summed E-state index contributed by atoms with van der Waals surface area (Å²) in [5.41, 5.74) is 1.26. The zero-order chi connectivity index (χ0) is 22.3. The number of ether oxygens (including phenoxy) is 3. The molecule has 2 fully saturated rings. The molecule has 0 spiro atoms. The van der Waals surface area contributed by atoms with E-state index in [9.17, 15) is 14.9 Å². The third-order valence-corrected chi connectivity index (χ3v) is 5.62. The van der Waals surface area contributed by atoms with Crippen molar-refractivity contribution in [1.82, 2.24) is 0 Å². The molecule has 2 aromatic rings. The number of non-ortho nitro benzene ring substituents is 1. The molecule has 1 atom stereocenters. The van der Waals surface area contributed by atoms with Gasteiger partial charge in [-0.1, -0.05) is 12.1 Å². The Bertz CT molecular complexity index is 954. The van der Waals surface area contributed by atoms with Crippen LogP contribution in [0.2, 0.25) is 0 Å². The first kappa shape index (κ1) is 22.0. The largest absolute Gasteiger partial charge is 0.489 e. The maximum absolute atomic E-state index is 13.2. The number of nitrogens with one attached hydrogen (secondary N) is 1. The number of carbonyl (C=O) groups is 1. The van der Waals surface area contributed by atoms with Crippen LogP contribution in [0, 0.1) is 10.1 Å². The molecule has 170 valence electrons. The highest BCUT2D eigenvalue weighted by atomic mass is 16.6. The van der Waals surface area contributed by atoms with Crippen LogP contribution in [0.15, 0.2) is 42.5 Å². The van der Waals surface area contributed by atoms with Crippen LogP contribution in [0.3, 0.4) is 0 Å². The van der Waals surface area contributed by atoms with E-state index in [0.717, 1.165) is 25.9 Å². The Labute approximate surface area is 186 Å². The van der Waals surface area contributed by atoms with Crippen LogP contribution >= 0.6 is 0 Å². The van der Waals surface area contributed by atoms with E-state index in [1.165, 1.54) is 12.1 Å². The molecule has 1 unspecified atom stereocenters. The molecular weight excluding hydrogens is 414 g/mol. The van der Waals surface area contributed by atoms with Crippen LogP contribution in [-0.2, 0) is 9.47 Å². The van der Waals surface area contributed by atoms with E-state index in [2.05, 4.69) is 5.32 Å². The van der Waals surface area contributed by atoms with E-state index >= 15 is 0 Å². The highest BCUT2D eigenvalue weighted by molar-refractivity contribution is 6.09. The van der Waals surface area contributed by atoms with Gasteiger partial charge >= 0.3 is 0 Å². The van der Waals surface area contributed by atoms with Gasteiger partial charge in [0.25, 0.3) is 11.6 Å². The van der Waals surface area contributed by atoms with Crippen LogP contribution in [0.1, 0.15) is 29.6 Å². The van der Waals surface area contributed by atoms with Crippen molar-refractivity contribution in [2.45, 2.75) is 25.4 Å². The van der Waals surface area contributed by atoms with E-state index < -0.39 is 10.8 Å². The first-order valence-electron chi connectivity index (χ1n) is 10.9. The lowest BCUT2D eigenvalue weighted by Gasteiger charge is -2.30. The molecule has 1 amide bonds. The second-order valence-electron chi connectivity index (χ2n) is 7.81. The van der Waals surface area contributed by atoms with Crippen molar-refractivity contribution in [1.29, 1.82) is 0 Å². The number of para-hydroxylation sites is 2. The molecule has 1 N–H and O–H groups in total. The molecule has 0 aromatic heterocycles. The molecular formula is C23H27N3O6. The average Bonchev–Trinajstić information content (AvgIpc) is 2.84. The van der Waals surface area contributed by atoms with Gasteiger partial charge in [-0.3, -0.25) is 14.9 Å². The molecule has 9 nitrogen and oxygen atoms in total. The Morgan fingerprint density at radius 3 is 2.72 bits per heavy atom. The van der Waals surface area contributed by atoms with E-state index in [0.29, 0.717) is 50.0 Å². The standard InChI is InChI=1S/C23H27N3O6/c27-23(19-15-17(26(28)29)8-9-21(19)25-10-13-30-14-11-25)24-20-6-1-2-7-22(20)32-16-18-5-3-4-12-31-18/h1-2,6-9,15,18H,3-5,10-14,16H2,(H,24,27). The maximum Gasteiger partial charge on any atom is 0.270 e. The summed E-state index contributed by atoms with van der Waals surface area (Å²) in [5, 5.41) is 14.2. The van der Waals surface area contributed by atoms with E-state index in [4.69, 9.17) is 14.2 Å². The van der Waals surface area contributed by atoms with Crippen LogP contribution in [0.25, 0.3) is 0 Å². The Balaban J connectivity index is 1.54. The lowest BCUT2D eigenvalue weighted by Crippen LogP contribution is -2.37. The third kappa shape index (κ3) is 5.35. The van der Waals surface area contributed by atoms with Crippen molar-refractivity contribution >= 4 is 23.0 Å². The van der Waals surface area contributed by atoms with Gasteiger partial charge < -0.3 is 24.4 Å². The Morgan fingerprint density at radius 1 is 1.16 bits per heavy atom. The van der Waals surface area contributed by atoms with Gasteiger partial charge in [0.1, 0.15) is 12.4 Å². The number of morpholine rings is 1. The van der Waals surface area contributed by atoms with Crippen LogP contribution in [0.4, 0.5) is 17.1 Å². The number of hydrogen-bond donors (Lipinski definition) is 1. The first-order chi connectivity index (χ1) is 15.6. The van der Waals surface area contributed by atoms with Gasteiger partial charge in [0.15, 0.2) is 0 Å². The Morgan fingerprint density at radius 2 is 1.97 bits per heavy atom. The van der Waals surface area contributed by atoms with Crippen LogP contribution in [-0.4, -0.2) is 56.5 Å². The molecule has 0 saturated carbocycles. The number of carbonyl (C=O) groups excluding carboxylic acids is 1. The summed E-state index contributed by atoms with van der Waals surface area (Å²) in [6.45, 7) is 3.44. The minimum atomic E-state index is -0.499. The van der Waals surface area contributed by atoms with Crippen molar-refractivity contribution < 1.29 is 23.9 Å². The van der Waals surface area contributed by atoms with Crippen LogP contribution in [0.5, 0.6) is 5.75 Å². The zero-order valence-electron chi connectivity index (χ0n) is 17.8. The summed E-state index contributed by atoms with van der Waals surface area (Å²) in [7, 11) is 0. The highest BCUT2D eigenvalue weighted by Gasteiger charge is 2.23. The van der Waals surface area contributed by atoms with Crippen molar-refractivity contribution in [3.05, 3.63) is 58.1 Å². The molecule has 0 bridgehead atoms. The zero-order valence-corrected chi connectivity index (χ0v) is 17.8. The summed E-state index contributed by atoms with van der Waals surface area (Å²) in [6.07, 6.45) is 3.17. The SMILES string of the molecule is O=C(Nc1ccccc1OCC1CCCCO1)c1cc([N+](=O)[O-])ccc1N1CCOCC1. The highest BCUT2D eigenvalue weighted by Crippen LogP contribution is 2.30. The minimum Gasteiger partial charge on any atom is -0.489 e. The van der Waals surface area contributed by atoms with Crippen molar-refractivity contribution in [3.63, 3.8) is 0 Å². The lowest BCUT2D eigenvalue weighted by molar-refractivity contribution is -0.384. The second kappa shape index (κ2) is 10.4. The Hall–Kier alpha value is -3.17. The Kier molecular flexibility index (Phi) is 7.18. The fraction of sp³-hybridized carbons (Fsp3) is 0.435. The van der Waals surface area contributed by atoms with Gasteiger partial charge in [-0.15, -0.1) is 0 Å². The molecule has 0 radical (unpaired) electrons. The number of nitro benzene ring substituents is 1. The number of nitrogens with zero attached hydrogens (tertiary/aromatic N) is 2. The topological polar surface area (TPSA) is 103 Å². The predicted molar refractivity (Wildman–Crippen MR) is 120 cm³/mol. The smallest absolute Gasteiger partial charge is 0.270 e. The summed E-state index contributed by atoms with van der Waals surface area (Å²) in [5.74, 6) is 0.105. The average molecular weight is 441 g/mol. The van der Waals surface area contributed by atoms with Gasteiger partial charge in [-0.05, 0) is 37.5 Å². The molecule has 2 aliphatic heterocycles. The molecule has 9 heteroatoms. The van der Waals surface area contributed by atoms with Gasteiger partial charge in [0.2, 0.25) is 0 Å². The number of rotatable bonds is 7. The number of amides is 1. The normalized spacial score (nSPS) is 18.8. The molecule has 4 rings (SSSR count). The number of hydrogen-bond acceptors (Lipinski definition) is 7. The molecule has 2 heterocycles. The summed E-state index contributed by atoms with van der Waals surface area (Å²) >= 11 is 0. The number of nitro groups is 1. The van der Waals surface area contributed by atoms with Gasteiger partial charge in [0, 0.05) is 31.8 Å². The molecule has 0 aliphatic carbocycles. The second-order valence-corrected chi connectivity index (χ2v) is 7.81. The van der Waals surface area contributed by atoms with Gasteiger partial charge in [0.05, 0.1) is 41.2 Å². The molecule has 2 aliphatic rings. The fourth-order valence-corrected chi connectivity index (χ4v) is 3.91. The summed E-state index contributed by atoms with van der Waals surface area (Å²) in [4.78, 5) is 26.1. The number of benzene rings is 2. The summed E-state index contributed by atoms with van der Waals surface area (Å²) in [6, 6.07) is 11.5. The van der Waals surface area contributed by atoms with Gasteiger partial charge in [-0.25, -0.2) is 0 Å². The third-order valence-electron chi connectivity index (χ3n) is 5.62. The maximum atomic E-state index is 13.2. The van der Waals surface area contributed by atoms with Crippen molar-refractivity contribution in [2.75, 3.05) is 49.7 Å². The monoisotopic (exact) mass is 441 g/mol. The minimum absolute atomic E-state index is 0.0391. The van der Waals surface area contributed by atoms with Crippen molar-refractivity contribution in [2.24, 2.45) is 0 Å². The van der Waals surface area contributed by atoms with Gasteiger partial charge in [-0.2, -0.15) is 0 Å². The van der Waals surface area contributed by atoms with Crippen molar-refractivity contribution in [3.8, 4) is 5.75 Å². The molecule has 2 aromatic carbocycles. The van der Waals surface area contributed by atoms with E-state index in [-0.39, 0.29) is 17.4 Å². The van der Waals surface area contributed by atoms with Crippen LogP contribution < -0.4 is 15.0 Å². The molecule has 2 saturated heterocycles. The predicted octanol–water partition coefficient (Wildman–Crippen LogP) is 3.63. The summed E-state index contributed by atoms with van der Waals surface area (Å²) < 4.78 is 17.1. The fourth-order valence-electron chi connectivity index (χ4n) is 3.91.